The molecule has 1 aliphatic heterocycles. The van der Waals surface area contributed by atoms with E-state index < -0.39 is 0 Å². The fourth-order valence-electron chi connectivity index (χ4n) is 1.72. The smallest absolute Gasteiger partial charge is 0.173 e. The molecule has 0 bridgehead atoms. The molecule has 0 atom stereocenters. The Balaban J connectivity index is 2.20. The average molecular weight is 212 g/mol. The molecule has 0 spiro atoms. The first-order valence-corrected chi connectivity index (χ1v) is 5.30. The molecule has 0 aromatic carbocycles. The molecule has 1 heterocycles. The van der Waals surface area contributed by atoms with E-state index in [9.17, 15) is 4.39 Å². The summed E-state index contributed by atoms with van der Waals surface area (Å²) in [5.41, 5.74) is 0.647. The molecule has 0 saturated carbocycles. The zero-order valence-electron chi connectivity index (χ0n) is 7.92. The van der Waals surface area contributed by atoms with Gasteiger partial charge in [-0.1, -0.05) is 6.08 Å². The topological polar surface area (TPSA) is 15.3 Å². The molecule has 0 radical (unpaired) electrons. The zero-order valence-corrected chi connectivity index (χ0v) is 8.74. The molecule has 76 valence electrons. The van der Waals surface area contributed by atoms with Crippen LogP contribution in [0.4, 0.5) is 4.39 Å². The van der Waals surface area contributed by atoms with Gasteiger partial charge in [0.25, 0.3) is 0 Å². The van der Waals surface area contributed by atoms with E-state index >= 15 is 0 Å². The van der Waals surface area contributed by atoms with Gasteiger partial charge in [-0.05, 0) is 31.1 Å². The summed E-state index contributed by atoms with van der Waals surface area (Å²) in [5, 5.41) is 3.72. The Morgan fingerprint density at radius 1 is 1.50 bits per heavy atom. The lowest BCUT2D eigenvalue weighted by atomic mass is 10.1. The van der Waals surface area contributed by atoms with Crippen LogP contribution < -0.4 is 5.32 Å². The second-order valence-corrected chi connectivity index (χ2v) is 3.86. The number of thiocarbonyl (C=S) groups is 1. The average Bonchev–Trinajstić information content (AvgIpc) is 2.20. The number of nitrogens with zero attached hydrogens (tertiary/aromatic N) is 1. The van der Waals surface area contributed by atoms with Crippen molar-refractivity contribution in [1.29, 1.82) is 0 Å². The van der Waals surface area contributed by atoms with E-state index in [4.69, 9.17) is 12.2 Å². The number of rotatable bonds is 1. The molecular weight excluding hydrogens is 199 g/mol. The van der Waals surface area contributed by atoms with Gasteiger partial charge in [0.1, 0.15) is 5.83 Å². The minimum atomic E-state index is -0.0430. The van der Waals surface area contributed by atoms with Gasteiger partial charge < -0.3 is 10.2 Å². The molecule has 2 nitrogen and oxygen atoms in total. The van der Waals surface area contributed by atoms with E-state index in [1.165, 1.54) is 0 Å². The van der Waals surface area contributed by atoms with Crippen LogP contribution in [0.3, 0.4) is 0 Å². The molecule has 14 heavy (non-hydrogen) atoms. The maximum absolute atomic E-state index is 13.5. The molecule has 0 aromatic rings. The van der Waals surface area contributed by atoms with E-state index in [1.807, 2.05) is 17.1 Å². The van der Waals surface area contributed by atoms with E-state index in [0.717, 1.165) is 25.9 Å². The van der Waals surface area contributed by atoms with Crippen LogP contribution in [0.15, 0.2) is 23.7 Å². The third-order valence-corrected chi connectivity index (χ3v) is 2.82. The Kier molecular flexibility index (Phi) is 2.82. The highest BCUT2D eigenvalue weighted by Gasteiger charge is 2.20. The maximum Gasteiger partial charge on any atom is 0.173 e. The van der Waals surface area contributed by atoms with E-state index in [1.54, 1.807) is 0 Å². The lowest BCUT2D eigenvalue weighted by molar-refractivity contribution is 0.428. The zero-order chi connectivity index (χ0) is 9.97. The van der Waals surface area contributed by atoms with Crippen LogP contribution >= 0.6 is 12.2 Å². The first kappa shape index (κ1) is 9.65. The summed E-state index contributed by atoms with van der Waals surface area (Å²) in [6.07, 6.45) is 6.13. The molecule has 1 N–H and O–H groups in total. The van der Waals surface area contributed by atoms with Crippen molar-refractivity contribution >= 4 is 17.3 Å². The summed E-state index contributed by atoms with van der Waals surface area (Å²) in [5.74, 6) is -0.0430. The molecule has 4 heteroatoms. The number of halogens is 1. The number of allylic oxidation sites excluding steroid dienone is 3. The van der Waals surface area contributed by atoms with Crippen molar-refractivity contribution in [2.24, 2.45) is 0 Å². The van der Waals surface area contributed by atoms with Crippen molar-refractivity contribution < 1.29 is 4.39 Å². The van der Waals surface area contributed by atoms with Crippen LogP contribution in [0.2, 0.25) is 0 Å². The van der Waals surface area contributed by atoms with Crippen LogP contribution in [0.5, 0.6) is 0 Å². The summed E-state index contributed by atoms with van der Waals surface area (Å²) in [6.45, 7) is 1.72. The molecule has 0 amide bonds. The van der Waals surface area contributed by atoms with Crippen LogP contribution in [0.1, 0.15) is 19.3 Å². The normalized spacial score (nSPS) is 22.6. The summed E-state index contributed by atoms with van der Waals surface area (Å²) in [7, 11) is 0. The Bertz CT molecular complexity index is 309. The molecule has 1 saturated heterocycles. The first-order valence-electron chi connectivity index (χ1n) is 4.89. The first-order chi connectivity index (χ1) is 6.79. The third kappa shape index (κ3) is 1.80. The van der Waals surface area contributed by atoms with Gasteiger partial charge in [0.2, 0.25) is 0 Å². The van der Waals surface area contributed by atoms with Gasteiger partial charge in [0, 0.05) is 19.5 Å². The van der Waals surface area contributed by atoms with Gasteiger partial charge in [0.15, 0.2) is 5.11 Å². The van der Waals surface area contributed by atoms with Gasteiger partial charge in [-0.3, -0.25) is 0 Å². The molecule has 2 rings (SSSR count). The van der Waals surface area contributed by atoms with E-state index in [-0.39, 0.29) is 5.83 Å². The van der Waals surface area contributed by atoms with E-state index in [0.29, 0.717) is 17.2 Å². The van der Waals surface area contributed by atoms with Gasteiger partial charge in [-0.25, -0.2) is 4.39 Å². The summed E-state index contributed by atoms with van der Waals surface area (Å²) < 4.78 is 13.5. The molecule has 0 aromatic heterocycles. The van der Waals surface area contributed by atoms with Crippen LogP contribution in [-0.2, 0) is 0 Å². The van der Waals surface area contributed by atoms with Crippen molar-refractivity contribution in [3.63, 3.8) is 0 Å². The van der Waals surface area contributed by atoms with Gasteiger partial charge in [0.05, 0.1) is 5.70 Å². The number of hydrogen-bond acceptors (Lipinski definition) is 1. The van der Waals surface area contributed by atoms with Crippen molar-refractivity contribution in [2.75, 3.05) is 13.1 Å². The second kappa shape index (κ2) is 4.09. The number of hydrogen-bond donors (Lipinski definition) is 1. The van der Waals surface area contributed by atoms with Gasteiger partial charge in [-0.2, -0.15) is 0 Å². The molecule has 1 fully saturated rings. The lowest BCUT2D eigenvalue weighted by Crippen LogP contribution is -2.45. The highest BCUT2D eigenvalue weighted by Crippen LogP contribution is 2.24. The summed E-state index contributed by atoms with van der Waals surface area (Å²) >= 11 is 5.14. The SMILES string of the molecule is FC1=C(N2CCCNC2=S)C=CCC1. The highest BCUT2D eigenvalue weighted by molar-refractivity contribution is 7.80. The van der Waals surface area contributed by atoms with Crippen molar-refractivity contribution in [2.45, 2.75) is 19.3 Å². The monoisotopic (exact) mass is 212 g/mol. The molecule has 2 aliphatic rings. The van der Waals surface area contributed by atoms with Gasteiger partial charge >= 0.3 is 0 Å². The Labute approximate surface area is 88.5 Å². The molecular formula is C10H13FN2S. The predicted molar refractivity (Wildman–Crippen MR) is 58.4 cm³/mol. The quantitative estimate of drug-likeness (QED) is 0.670. The molecule has 0 unspecified atom stereocenters. The second-order valence-electron chi connectivity index (χ2n) is 3.47. The summed E-state index contributed by atoms with van der Waals surface area (Å²) in [6, 6.07) is 0. The van der Waals surface area contributed by atoms with Crippen molar-refractivity contribution in [1.82, 2.24) is 10.2 Å². The number of nitrogens with one attached hydrogen (secondary N) is 1. The molecule has 1 aliphatic carbocycles. The Hall–Kier alpha value is -0.900. The largest absolute Gasteiger partial charge is 0.362 e. The minimum Gasteiger partial charge on any atom is -0.362 e. The Morgan fingerprint density at radius 3 is 3.07 bits per heavy atom. The minimum absolute atomic E-state index is 0.0430. The lowest BCUT2D eigenvalue weighted by Gasteiger charge is -2.32. The van der Waals surface area contributed by atoms with E-state index in [2.05, 4.69) is 5.32 Å². The highest BCUT2D eigenvalue weighted by atomic mass is 32.1. The Morgan fingerprint density at radius 2 is 2.36 bits per heavy atom. The summed E-state index contributed by atoms with van der Waals surface area (Å²) in [4.78, 5) is 1.85. The van der Waals surface area contributed by atoms with Crippen LogP contribution in [0, 0.1) is 0 Å². The van der Waals surface area contributed by atoms with Crippen LogP contribution in [0.25, 0.3) is 0 Å². The standard InChI is InChI=1S/C10H13FN2S/c11-8-4-1-2-5-9(8)13-7-3-6-12-10(13)14/h2,5H,1,3-4,6-7H2,(H,12,14). The predicted octanol–water partition coefficient (Wildman–Crippen LogP) is 2.10. The fraction of sp³-hybridized carbons (Fsp3) is 0.500. The fourth-order valence-corrected chi connectivity index (χ4v) is 2.01. The van der Waals surface area contributed by atoms with Gasteiger partial charge in [-0.15, -0.1) is 0 Å². The van der Waals surface area contributed by atoms with Crippen LogP contribution in [-0.4, -0.2) is 23.1 Å². The van der Waals surface area contributed by atoms with Crippen molar-refractivity contribution in [3.8, 4) is 0 Å². The third-order valence-electron chi connectivity index (χ3n) is 2.45. The maximum atomic E-state index is 13.5. The van der Waals surface area contributed by atoms with Crippen molar-refractivity contribution in [3.05, 3.63) is 23.7 Å².